The summed E-state index contributed by atoms with van der Waals surface area (Å²) in [5, 5.41) is 2.54. The molecule has 3 nitrogen and oxygen atoms in total. The summed E-state index contributed by atoms with van der Waals surface area (Å²) < 4.78 is 5.25. The molecule has 0 bridgehead atoms. The molecular formula is C17H24N2O. The van der Waals surface area contributed by atoms with Crippen molar-refractivity contribution < 1.29 is 4.74 Å². The van der Waals surface area contributed by atoms with Crippen molar-refractivity contribution in [3.05, 3.63) is 47.5 Å². The Kier molecular flexibility index (Phi) is 5.53. The average Bonchev–Trinajstić information content (AvgIpc) is 2.50. The van der Waals surface area contributed by atoms with E-state index in [4.69, 9.17) is 10.5 Å². The highest BCUT2D eigenvalue weighted by atomic mass is 16.5. The zero-order chi connectivity index (χ0) is 14.4. The van der Waals surface area contributed by atoms with Crippen LogP contribution in [0.3, 0.4) is 0 Å². The predicted molar refractivity (Wildman–Crippen MR) is 84.4 cm³/mol. The summed E-state index contributed by atoms with van der Waals surface area (Å²) in [4.78, 5) is 2.42. The van der Waals surface area contributed by atoms with Crippen LogP contribution < -0.4 is 5.73 Å². The van der Waals surface area contributed by atoms with Crippen LogP contribution in [-0.4, -0.2) is 24.7 Å². The van der Waals surface area contributed by atoms with Crippen LogP contribution in [0.2, 0.25) is 0 Å². The summed E-state index contributed by atoms with van der Waals surface area (Å²) in [5.74, 6) is 0. The van der Waals surface area contributed by atoms with Gasteiger partial charge in [-0.15, -0.1) is 0 Å². The molecule has 2 aromatic carbocycles. The highest BCUT2D eigenvalue weighted by Gasteiger charge is 2.03. The first-order chi connectivity index (χ1) is 9.76. The van der Waals surface area contributed by atoms with E-state index in [-0.39, 0.29) is 6.73 Å². The van der Waals surface area contributed by atoms with Crippen molar-refractivity contribution in [2.24, 2.45) is 5.73 Å². The van der Waals surface area contributed by atoms with Crippen molar-refractivity contribution in [1.29, 1.82) is 0 Å². The number of rotatable bonds is 7. The van der Waals surface area contributed by atoms with Gasteiger partial charge in [0.25, 0.3) is 0 Å². The molecule has 0 saturated heterocycles. The van der Waals surface area contributed by atoms with Gasteiger partial charge in [0.2, 0.25) is 0 Å². The number of nitrogens with two attached hydrogens (primary N) is 1. The molecule has 0 aromatic heterocycles. The van der Waals surface area contributed by atoms with Crippen LogP contribution >= 0.6 is 0 Å². The number of hydrogen-bond acceptors (Lipinski definition) is 3. The van der Waals surface area contributed by atoms with Gasteiger partial charge in [-0.2, -0.15) is 0 Å². The largest absolute Gasteiger partial charge is 0.362 e. The van der Waals surface area contributed by atoms with Crippen LogP contribution in [-0.2, 0) is 17.9 Å². The van der Waals surface area contributed by atoms with Gasteiger partial charge in [0.1, 0.15) is 0 Å². The van der Waals surface area contributed by atoms with E-state index in [9.17, 15) is 0 Å². The predicted octanol–water partition coefficient (Wildman–Crippen LogP) is 3.11. The lowest BCUT2D eigenvalue weighted by Gasteiger charge is -2.18. The van der Waals surface area contributed by atoms with E-state index in [0.717, 1.165) is 19.6 Å². The number of nitrogens with zero attached hydrogens (tertiary/aromatic N) is 1. The van der Waals surface area contributed by atoms with E-state index >= 15 is 0 Å². The summed E-state index contributed by atoms with van der Waals surface area (Å²) in [6.45, 7) is 8.44. The number of benzene rings is 2. The van der Waals surface area contributed by atoms with E-state index in [1.54, 1.807) is 0 Å². The quantitative estimate of drug-likeness (QED) is 0.787. The van der Waals surface area contributed by atoms with Crippen LogP contribution in [0.15, 0.2) is 36.4 Å². The summed E-state index contributed by atoms with van der Waals surface area (Å²) in [6.07, 6.45) is 0. The number of hydrogen-bond donors (Lipinski definition) is 1. The maximum atomic E-state index is 5.35. The molecule has 0 heterocycles. The molecule has 0 radical (unpaired) electrons. The molecule has 0 aliphatic carbocycles. The van der Waals surface area contributed by atoms with Gasteiger partial charge in [0, 0.05) is 6.54 Å². The van der Waals surface area contributed by atoms with Gasteiger partial charge in [-0.25, -0.2) is 0 Å². The summed E-state index contributed by atoms with van der Waals surface area (Å²) >= 11 is 0. The second-order valence-corrected chi connectivity index (χ2v) is 4.99. The SMILES string of the molecule is CCN(CC)Cc1ccc2cc(COCN)ccc2c1. The molecular weight excluding hydrogens is 248 g/mol. The van der Waals surface area contributed by atoms with Gasteiger partial charge in [0.15, 0.2) is 0 Å². The minimum Gasteiger partial charge on any atom is -0.362 e. The first-order valence-electron chi connectivity index (χ1n) is 7.28. The Hall–Kier alpha value is -1.42. The molecule has 2 rings (SSSR count). The molecule has 0 amide bonds. The van der Waals surface area contributed by atoms with Gasteiger partial charge >= 0.3 is 0 Å². The van der Waals surface area contributed by atoms with Crippen LogP contribution in [0, 0.1) is 0 Å². The van der Waals surface area contributed by atoms with Crippen molar-refractivity contribution in [2.45, 2.75) is 27.0 Å². The highest BCUT2D eigenvalue weighted by Crippen LogP contribution is 2.19. The molecule has 0 unspecified atom stereocenters. The fourth-order valence-corrected chi connectivity index (χ4v) is 2.41. The number of ether oxygens (including phenoxy) is 1. The Bertz CT molecular complexity index is 550. The standard InChI is InChI=1S/C17H24N2O/c1-3-19(4-2)11-14-5-7-17-10-15(12-20-13-18)6-8-16(17)9-14/h5-10H,3-4,11-13,18H2,1-2H3. The molecule has 0 atom stereocenters. The smallest absolute Gasteiger partial charge is 0.0944 e. The molecule has 0 aliphatic rings. The van der Waals surface area contributed by atoms with E-state index in [0.29, 0.717) is 6.61 Å². The molecule has 3 heteroatoms. The second kappa shape index (κ2) is 7.39. The second-order valence-electron chi connectivity index (χ2n) is 4.99. The van der Waals surface area contributed by atoms with Gasteiger partial charge in [-0.1, -0.05) is 38.1 Å². The number of fused-ring (bicyclic) bond motifs is 1. The third-order valence-corrected chi connectivity index (χ3v) is 3.66. The van der Waals surface area contributed by atoms with Gasteiger partial charge in [-0.05, 0) is 47.1 Å². The summed E-state index contributed by atoms with van der Waals surface area (Å²) in [7, 11) is 0. The van der Waals surface area contributed by atoms with Crippen LogP contribution in [0.5, 0.6) is 0 Å². The van der Waals surface area contributed by atoms with E-state index < -0.39 is 0 Å². The van der Waals surface area contributed by atoms with Gasteiger partial charge in [0.05, 0.1) is 13.3 Å². The molecule has 2 N–H and O–H groups in total. The Morgan fingerprint density at radius 2 is 1.55 bits per heavy atom. The topological polar surface area (TPSA) is 38.5 Å². The Morgan fingerprint density at radius 3 is 2.15 bits per heavy atom. The fraction of sp³-hybridized carbons (Fsp3) is 0.412. The van der Waals surface area contributed by atoms with E-state index in [2.05, 4.69) is 55.1 Å². The average molecular weight is 272 g/mol. The van der Waals surface area contributed by atoms with Crippen LogP contribution in [0.4, 0.5) is 0 Å². The summed E-state index contributed by atoms with van der Waals surface area (Å²) in [5.41, 5.74) is 7.89. The van der Waals surface area contributed by atoms with Crippen molar-refractivity contribution in [3.8, 4) is 0 Å². The normalized spacial score (nSPS) is 11.4. The lowest BCUT2D eigenvalue weighted by Crippen LogP contribution is -2.21. The lowest BCUT2D eigenvalue weighted by atomic mass is 10.0. The lowest BCUT2D eigenvalue weighted by molar-refractivity contribution is 0.127. The van der Waals surface area contributed by atoms with Crippen molar-refractivity contribution in [1.82, 2.24) is 4.90 Å². The van der Waals surface area contributed by atoms with E-state index in [1.807, 2.05) is 0 Å². The van der Waals surface area contributed by atoms with Crippen molar-refractivity contribution in [3.63, 3.8) is 0 Å². The third-order valence-electron chi connectivity index (χ3n) is 3.66. The van der Waals surface area contributed by atoms with E-state index in [1.165, 1.54) is 21.9 Å². The molecule has 2 aromatic rings. The first kappa shape index (κ1) is 15.0. The Balaban J connectivity index is 2.18. The Morgan fingerprint density at radius 1 is 0.950 bits per heavy atom. The van der Waals surface area contributed by atoms with Gasteiger partial charge < -0.3 is 10.5 Å². The van der Waals surface area contributed by atoms with Crippen LogP contribution in [0.1, 0.15) is 25.0 Å². The zero-order valence-electron chi connectivity index (χ0n) is 12.4. The minimum atomic E-state index is 0.265. The fourth-order valence-electron chi connectivity index (χ4n) is 2.41. The van der Waals surface area contributed by atoms with Crippen LogP contribution in [0.25, 0.3) is 10.8 Å². The molecule has 20 heavy (non-hydrogen) atoms. The molecule has 0 aliphatic heterocycles. The first-order valence-corrected chi connectivity index (χ1v) is 7.28. The molecule has 108 valence electrons. The molecule has 0 saturated carbocycles. The maximum Gasteiger partial charge on any atom is 0.0944 e. The monoisotopic (exact) mass is 272 g/mol. The van der Waals surface area contributed by atoms with Crippen molar-refractivity contribution in [2.75, 3.05) is 19.8 Å². The maximum absolute atomic E-state index is 5.35. The minimum absolute atomic E-state index is 0.265. The third kappa shape index (κ3) is 3.79. The van der Waals surface area contributed by atoms with Gasteiger partial charge in [-0.3, -0.25) is 4.90 Å². The van der Waals surface area contributed by atoms with Crippen molar-refractivity contribution >= 4 is 10.8 Å². The molecule has 0 fully saturated rings. The molecule has 0 spiro atoms. The zero-order valence-corrected chi connectivity index (χ0v) is 12.4. The Labute approximate surface area is 121 Å². The highest BCUT2D eigenvalue weighted by molar-refractivity contribution is 5.83. The summed E-state index contributed by atoms with van der Waals surface area (Å²) in [6, 6.07) is 13.1.